The highest BCUT2D eigenvalue weighted by Gasteiger charge is 2.30. The highest BCUT2D eigenvalue weighted by Crippen LogP contribution is 2.29. The van der Waals surface area contributed by atoms with Crippen molar-refractivity contribution in [2.75, 3.05) is 20.2 Å². The van der Waals surface area contributed by atoms with Crippen molar-refractivity contribution in [2.45, 2.75) is 38.6 Å². The number of rotatable bonds is 4. The molecule has 3 heterocycles. The summed E-state index contributed by atoms with van der Waals surface area (Å²) in [5.74, 6) is 1.45. The van der Waals surface area contributed by atoms with Gasteiger partial charge in [-0.15, -0.1) is 0 Å². The van der Waals surface area contributed by atoms with E-state index in [0.29, 0.717) is 24.5 Å². The first-order valence-corrected chi connectivity index (χ1v) is 10.3. The van der Waals surface area contributed by atoms with E-state index in [1.54, 1.807) is 23.4 Å². The van der Waals surface area contributed by atoms with Gasteiger partial charge in [-0.25, -0.2) is 14.2 Å². The molecule has 1 aromatic carbocycles. The summed E-state index contributed by atoms with van der Waals surface area (Å²) in [6.07, 6.45) is 1.78. The van der Waals surface area contributed by atoms with Gasteiger partial charge in [0.1, 0.15) is 5.82 Å². The first-order chi connectivity index (χ1) is 14.3. The third kappa shape index (κ3) is 3.28. The number of hydrogen-bond donors (Lipinski definition) is 0. The summed E-state index contributed by atoms with van der Waals surface area (Å²) >= 11 is 0. The van der Waals surface area contributed by atoms with E-state index in [1.165, 1.54) is 4.68 Å². The van der Waals surface area contributed by atoms with Gasteiger partial charge in [0.05, 0.1) is 18.0 Å². The molecule has 0 N–H and O–H groups in total. The highest BCUT2D eigenvalue weighted by atomic mass is 16.5. The van der Waals surface area contributed by atoms with Crippen molar-refractivity contribution in [2.24, 2.45) is 14.1 Å². The number of carbonyl (C=O) groups excluding carboxylic acids is 1. The molecule has 1 atom stereocenters. The number of nitrogens with zero attached hydrogens (tertiary/aromatic N) is 6. The average Bonchev–Trinajstić information content (AvgIpc) is 3.21. The Kier molecular flexibility index (Phi) is 5.13. The van der Waals surface area contributed by atoms with Gasteiger partial charge in [0.2, 0.25) is 5.88 Å². The van der Waals surface area contributed by atoms with Crippen LogP contribution in [0.15, 0.2) is 23.0 Å². The molecule has 1 saturated heterocycles. The van der Waals surface area contributed by atoms with Crippen molar-refractivity contribution in [3.63, 3.8) is 0 Å². The number of amides is 1. The second-order valence-electron chi connectivity index (χ2n) is 8.18. The van der Waals surface area contributed by atoms with Crippen molar-refractivity contribution in [3.05, 3.63) is 40.1 Å². The fraction of sp³-hybridized carbons (Fsp3) is 0.524. The molecule has 1 aliphatic rings. The molecule has 0 aliphatic carbocycles. The number of fused-ring (bicyclic) bond motifs is 1. The molecule has 1 amide bonds. The maximum absolute atomic E-state index is 13.2. The van der Waals surface area contributed by atoms with Crippen LogP contribution in [-0.2, 0) is 14.1 Å². The maximum atomic E-state index is 13.2. The van der Waals surface area contributed by atoms with E-state index < -0.39 is 0 Å². The monoisotopic (exact) mass is 412 g/mol. The molecule has 2 aromatic heterocycles. The predicted octanol–water partition coefficient (Wildman–Crippen LogP) is 2.08. The minimum Gasteiger partial charge on any atom is -0.481 e. The largest absolute Gasteiger partial charge is 0.481 e. The van der Waals surface area contributed by atoms with Crippen LogP contribution in [0.5, 0.6) is 5.88 Å². The number of likely N-dealkylation sites (tertiary alicyclic amines) is 1. The third-order valence-electron chi connectivity index (χ3n) is 5.79. The number of hydrogen-bond acceptors (Lipinski definition) is 5. The number of benzene rings is 1. The normalized spacial score (nSPS) is 17.1. The Bertz CT molecular complexity index is 1160. The molecule has 4 rings (SSSR count). The number of aromatic nitrogens is 5. The molecule has 1 fully saturated rings. The summed E-state index contributed by atoms with van der Waals surface area (Å²) in [5, 5.41) is 9.81. The molecular formula is C21H28N6O3. The Hall–Kier alpha value is -3.10. The molecule has 3 aromatic rings. The summed E-state index contributed by atoms with van der Waals surface area (Å²) in [5.41, 5.74) is 1.22. The molecule has 1 unspecified atom stereocenters. The lowest BCUT2D eigenvalue weighted by atomic mass is 9.96. The van der Waals surface area contributed by atoms with E-state index in [1.807, 2.05) is 44.0 Å². The molecule has 0 radical (unpaired) electrons. The topological polar surface area (TPSA) is 87.2 Å². The van der Waals surface area contributed by atoms with Crippen LogP contribution in [0, 0.1) is 0 Å². The van der Waals surface area contributed by atoms with Crippen LogP contribution >= 0.6 is 0 Å². The number of ether oxygens (including phenoxy) is 1. The average molecular weight is 412 g/mol. The van der Waals surface area contributed by atoms with Crippen LogP contribution in [0.1, 0.15) is 54.8 Å². The molecule has 0 bridgehead atoms. The van der Waals surface area contributed by atoms with E-state index in [4.69, 9.17) is 4.74 Å². The van der Waals surface area contributed by atoms with E-state index in [9.17, 15) is 9.59 Å². The minimum atomic E-state index is -0.113. The van der Waals surface area contributed by atoms with Crippen LogP contribution in [0.3, 0.4) is 0 Å². The first kappa shape index (κ1) is 20.2. The van der Waals surface area contributed by atoms with Crippen molar-refractivity contribution >= 4 is 16.8 Å². The number of methoxy groups -OCH3 is 1. The molecule has 160 valence electrons. The first-order valence-electron chi connectivity index (χ1n) is 10.3. The minimum absolute atomic E-state index is 0.0221. The van der Waals surface area contributed by atoms with E-state index in [-0.39, 0.29) is 23.6 Å². The van der Waals surface area contributed by atoms with Crippen LogP contribution < -0.4 is 10.4 Å². The van der Waals surface area contributed by atoms with Crippen molar-refractivity contribution in [1.82, 2.24) is 29.0 Å². The van der Waals surface area contributed by atoms with Crippen molar-refractivity contribution in [3.8, 4) is 5.88 Å². The summed E-state index contributed by atoms with van der Waals surface area (Å²) in [4.78, 5) is 27.6. The number of carbonyl (C=O) groups is 1. The molecule has 1 aliphatic heterocycles. The van der Waals surface area contributed by atoms with Gasteiger partial charge in [-0.1, -0.05) is 0 Å². The van der Waals surface area contributed by atoms with Gasteiger partial charge < -0.3 is 9.64 Å². The van der Waals surface area contributed by atoms with Crippen LogP contribution in [0.25, 0.3) is 10.9 Å². The summed E-state index contributed by atoms with van der Waals surface area (Å²) < 4.78 is 10.2. The zero-order valence-electron chi connectivity index (χ0n) is 18.1. The molecule has 9 nitrogen and oxygen atoms in total. The second-order valence-corrected chi connectivity index (χ2v) is 8.18. The van der Waals surface area contributed by atoms with E-state index >= 15 is 0 Å². The zero-order valence-corrected chi connectivity index (χ0v) is 18.1. The quantitative estimate of drug-likeness (QED) is 0.655. The van der Waals surface area contributed by atoms with Crippen molar-refractivity contribution in [1.29, 1.82) is 0 Å². The van der Waals surface area contributed by atoms with Gasteiger partial charge in [0.15, 0.2) is 0 Å². The molecular weight excluding hydrogens is 384 g/mol. The third-order valence-corrected chi connectivity index (χ3v) is 5.79. The predicted molar refractivity (Wildman–Crippen MR) is 113 cm³/mol. The van der Waals surface area contributed by atoms with Crippen LogP contribution in [0.2, 0.25) is 0 Å². The van der Waals surface area contributed by atoms with Gasteiger partial charge in [-0.05, 0) is 44.9 Å². The fourth-order valence-corrected chi connectivity index (χ4v) is 4.37. The summed E-state index contributed by atoms with van der Waals surface area (Å²) in [6.45, 7) is 5.20. The molecule has 0 saturated carbocycles. The smallest absolute Gasteiger partial charge is 0.345 e. The zero-order chi connectivity index (χ0) is 21.6. The lowest BCUT2D eigenvalue weighted by molar-refractivity contribution is 0.0703. The van der Waals surface area contributed by atoms with Gasteiger partial charge in [0.25, 0.3) is 5.91 Å². The van der Waals surface area contributed by atoms with Crippen LogP contribution in [0.4, 0.5) is 0 Å². The van der Waals surface area contributed by atoms with Gasteiger partial charge in [0, 0.05) is 44.7 Å². The molecule has 0 spiro atoms. The molecule has 9 heteroatoms. The standard InChI is InChI=1S/C21H28N6O3/c1-13(2)27-18(23-25(4)21(27)29)15-7-6-10-26(12-15)19(28)14-8-9-16-17(11-14)22-24(3)20(16)30-5/h8-9,11,13,15H,6-7,10,12H2,1-5H3. The van der Waals surface area contributed by atoms with Gasteiger partial charge in [-0.3, -0.25) is 9.36 Å². The van der Waals surface area contributed by atoms with Gasteiger partial charge in [-0.2, -0.15) is 10.2 Å². The lowest BCUT2D eigenvalue weighted by Gasteiger charge is -2.32. The number of aryl methyl sites for hydroxylation is 2. The number of piperidine rings is 1. The highest BCUT2D eigenvalue weighted by molar-refractivity contribution is 5.98. The lowest BCUT2D eigenvalue weighted by Crippen LogP contribution is -2.40. The Balaban J connectivity index is 1.61. The Morgan fingerprint density at radius 2 is 1.97 bits per heavy atom. The maximum Gasteiger partial charge on any atom is 0.345 e. The Labute approximate surface area is 174 Å². The van der Waals surface area contributed by atoms with Gasteiger partial charge >= 0.3 is 5.69 Å². The summed E-state index contributed by atoms with van der Waals surface area (Å²) in [7, 11) is 5.10. The molecule has 30 heavy (non-hydrogen) atoms. The summed E-state index contributed by atoms with van der Waals surface area (Å²) in [6, 6.07) is 5.54. The van der Waals surface area contributed by atoms with Crippen molar-refractivity contribution < 1.29 is 9.53 Å². The van der Waals surface area contributed by atoms with E-state index in [2.05, 4.69) is 10.2 Å². The SMILES string of the molecule is COc1c2ccc(C(=O)N3CCCC(c4nn(C)c(=O)n4C(C)C)C3)cc2nn1C. The fourth-order valence-electron chi connectivity index (χ4n) is 4.37. The Morgan fingerprint density at radius 1 is 1.20 bits per heavy atom. The van der Waals surface area contributed by atoms with Crippen LogP contribution in [-0.4, -0.2) is 55.1 Å². The Morgan fingerprint density at radius 3 is 2.67 bits per heavy atom. The van der Waals surface area contributed by atoms with E-state index in [0.717, 1.165) is 29.6 Å². The second kappa shape index (κ2) is 7.62.